The van der Waals surface area contributed by atoms with Gasteiger partial charge in [-0.05, 0) is 31.0 Å². The standard InChI is InChI=1S/C12H16ClNO4S/c1-8-2-3-9(6-10(8)13)19(16,17)14-11-7-18-5-4-12(11)15/h2-3,6,11-12,14-15H,4-5,7H2,1H3/t11-,12-/m1/s1. The van der Waals surface area contributed by atoms with Crippen molar-refractivity contribution in [3.05, 3.63) is 28.8 Å². The maximum absolute atomic E-state index is 12.2. The first-order valence-corrected chi connectivity index (χ1v) is 7.80. The lowest BCUT2D eigenvalue weighted by molar-refractivity contribution is -0.00841. The highest BCUT2D eigenvalue weighted by atomic mass is 35.5. The van der Waals surface area contributed by atoms with E-state index in [0.29, 0.717) is 18.1 Å². The Kier molecular flexibility index (Phi) is 4.47. The number of hydrogen-bond acceptors (Lipinski definition) is 4. The molecule has 2 atom stereocenters. The molecule has 1 aromatic rings. The Morgan fingerprint density at radius 1 is 1.47 bits per heavy atom. The zero-order valence-electron chi connectivity index (χ0n) is 10.5. The summed E-state index contributed by atoms with van der Waals surface area (Å²) in [5, 5.41) is 10.1. The molecule has 1 fully saturated rings. The monoisotopic (exact) mass is 305 g/mol. The van der Waals surface area contributed by atoms with Gasteiger partial charge >= 0.3 is 0 Å². The fourth-order valence-electron chi connectivity index (χ4n) is 1.85. The van der Waals surface area contributed by atoms with E-state index in [4.69, 9.17) is 16.3 Å². The summed E-state index contributed by atoms with van der Waals surface area (Å²) in [4.78, 5) is 0.0841. The highest BCUT2D eigenvalue weighted by Gasteiger charge is 2.28. The maximum Gasteiger partial charge on any atom is 0.241 e. The van der Waals surface area contributed by atoms with E-state index in [1.54, 1.807) is 13.0 Å². The van der Waals surface area contributed by atoms with Crippen LogP contribution in [0.1, 0.15) is 12.0 Å². The smallest absolute Gasteiger partial charge is 0.241 e. The van der Waals surface area contributed by atoms with Crippen molar-refractivity contribution >= 4 is 21.6 Å². The summed E-state index contributed by atoms with van der Waals surface area (Å²) in [6.45, 7) is 2.40. The maximum atomic E-state index is 12.2. The van der Waals surface area contributed by atoms with Crippen LogP contribution in [0.15, 0.2) is 23.1 Å². The van der Waals surface area contributed by atoms with E-state index >= 15 is 0 Å². The van der Waals surface area contributed by atoms with E-state index in [1.165, 1.54) is 12.1 Å². The van der Waals surface area contributed by atoms with Crippen LogP contribution < -0.4 is 4.72 Å². The summed E-state index contributed by atoms with van der Waals surface area (Å²) in [6, 6.07) is 3.90. The molecule has 1 heterocycles. The first-order valence-electron chi connectivity index (χ1n) is 5.94. The molecule has 1 saturated heterocycles. The van der Waals surface area contributed by atoms with Crippen LogP contribution in [-0.2, 0) is 14.8 Å². The number of aryl methyl sites for hydroxylation is 1. The van der Waals surface area contributed by atoms with Gasteiger partial charge in [0, 0.05) is 11.6 Å². The van der Waals surface area contributed by atoms with Gasteiger partial charge in [-0.15, -0.1) is 0 Å². The minimum atomic E-state index is -3.71. The molecule has 7 heteroatoms. The second-order valence-corrected chi connectivity index (χ2v) is 6.69. The number of sulfonamides is 1. The van der Waals surface area contributed by atoms with Crippen molar-refractivity contribution in [2.45, 2.75) is 30.4 Å². The second-order valence-electron chi connectivity index (χ2n) is 4.57. The summed E-state index contributed by atoms with van der Waals surface area (Å²) >= 11 is 5.93. The SMILES string of the molecule is Cc1ccc(S(=O)(=O)N[C@@H]2COCC[C@H]2O)cc1Cl. The van der Waals surface area contributed by atoms with Crippen LogP contribution in [-0.4, -0.2) is 38.9 Å². The second kappa shape index (κ2) is 5.76. The molecule has 0 radical (unpaired) electrons. The Morgan fingerprint density at radius 2 is 2.21 bits per heavy atom. The van der Waals surface area contributed by atoms with Crippen molar-refractivity contribution in [2.75, 3.05) is 13.2 Å². The minimum Gasteiger partial charge on any atom is -0.391 e. The molecule has 19 heavy (non-hydrogen) atoms. The van der Waals surface area contributed by atoms with Crippen LogP contribution in [0, 0.1) is 6.92 Å². The van der Waals surface area contributed by atoms with E-state index in [2.05, 4.69) is 4.72 Å². The molecule has 1 aromatic carbocycles. The van der Waals surface area contributed by atoms with Gasteiger partial charge in [-0.2, -0.15) is 0 Å². The largest absolute Gasteiger partial charge is 0.391 e. The summed E-state index contributed by atoms with van der Waals surface area (Å²) in [5.41, 5.74) is 0.807. The molecule has 2 rings (SSSR count). The molecule has 0 bridgehead atoms. The molecule has 0 aliphatic carbocycles. The summed E-state index contributed by atoms with van der Waals surface area (Å²) in [6.07, 6.45) is -0.314. The fourth-order valence-corrected chi connectivity index (χ4v) is 3.37. The Hall–Kier alpha value is -0.660. The van der Waals surface area contributed by atoms with Crippen molar-refractivity contribution in [3.63, 3.8) is 0 Å². The van der Waals surface area contributed by atoms with E-state index in [-0.39, 0.29) is 11.5 Å². The molecule has 0 saturated carbocycles. The summed E-state index contributed by atoms with van der Waals surface area (Å²) < 4.78 is 32.0. The predicted molar refractivity (Wildman–Crippen MR) is 71.7 cm³/mol. The summed E-state index contributed by atoms with van der Waals surface area (Å²) in [5.74, 6) is 0. The molecular weight excluding hydrogens is 290 g/mol. The van der Waals surface area contributed by atoms with Crippen molar-refractivity contribution in [1.29, 1.82) is 0 Å². The third-order valence-electron chi connectivity index (χ3n) is 3.08. The molecule has 5 nitrogen and oxygen atoms in total. The third-order valence-corrected chi connectivity index (χ3v) is 4.97. The third kappa shape index (κ3) is 3.46. The molecule has 0 amide bonds. The summed E-state index contributed by atoms with van der Waals surface area (Å²) in [7, 11) is -3.71. The number of aliphatic hydroxyl groups is 1. The molecule has 2 N–H and O–H groups in total. The molecule has 1 aliphatic rings. The Morgan fingerprint density at radius 3 is 2.84 bits per heavy atom. The van der Waals surface area contributed by atoms with E-state index in [1.807, 2.05) is 0 Å². The first kappa shape index (κ1) is 14.7. The Bertz CT molecular complexity index is 561. The van der Waals surface area contributed by atoms with Crippen molar-refractivity contribution in [2.24, 2.45) is 0 Å². The van der Waals surface area contributed by atoms with Gasteiger partial charge in [0.1, 0.15) is 0 Å². The lowest BCUT2D eigenvalue weighted by Gasteiger charge is -2.28. The predicted octanol–water partition coefficient (Wildman–Crippen LogP) is 1.08. The number of nitrogens with one attached hydrogen (secondary N) is 1. The molecule has 0 aromatic heterocycles. The number of ether oxygens (including phenoxy) is 1. The quantitative estimate of drug-likeness (QED) is 0.876. The normalized spacial score (nSPS) is 24.4. The molecule has 1 aliphatic heterocycles. The first-order chi connectivity index (χ1) is 8.90. The lowest BCUT2D eigenvalue weighted by atomic mass is 10.1. The number of hydrogen-bond donors (Lipinski definition) is 2. The van der Waals surface area contributed by atoms with Crippen molar-refractivity contribution in [3.8, 4) is 0 Å². The molecule has 0 unspecified atom stereocenters. The van der Waals surface area contributed by atoms with Crippen LogP contribution in [0.25, 0.3) is 0 Å². The number of benzene rings is 1. The van der Waals surface area contributed by atoms with Crippen LogP contribution >= 0.6 is 11.6 Å². The highest BCUT2D eigenvalue weighted by Crippen LogP contribution is 2.20. The van der Waals surface area contributed by atoms with Gasteiger partial charge in [-0.25, -0.2) is 13.1 Å². The highest BCUT2D eigenvalue weighted by molar-refractivity contribution is 7.89. The number of rotatable bonds is 3. The van der Waals surface area contributed by atoms with Crippen LogP contribution in [0.2, 0.25) is 5.02 Å². The zero-order valence-corrected chi connectivity index (χ0v) is 12.0. The lowest BCUT2D eigenvalue weighted by Crippen LogP contribution is -2.49. The number of halogens is 1. The van der Waals surface area contributed by atoms with Gasteiger partial charge in [0.15, 0.2) is 0 Å². The Balaban J connectivity index is 2.19. The van der Waals surface area contributed by atoms with Gasteiger partial charge in [0.05, 0.1) is 23.6 Å². The van der Waals surface area contributed by atoms with Gasteiger partial charge in [-0.3, -0.25) is 0 Å². The fraction of sp³-hybridized carbons (Fsp3) is 0.500. The van der Waals surface area contributed by atoms with Gasteiger partial charge in [0.2, 0.25) is 10.0 Å². The van der Waals surface area contributed by atoms with Crippen LogP contribution in [0.4, 0.5) is 0 Å². The Labute approximate surface area is 117 Å². The van der Waals surface area contributed by atoms with E-state index < -0.39 is 22.2 Å². The van der Waals surface area contributed by atoms with Gasteiger partial charge in [-0.1, -0.05) is 17.7 Å². The molecular formula is C12H16ClNO4S. The van der Waals surface area contributed by atoms with Gasteiger partial charge in [0.25, 0.3) is 0 Å². The minimum absolute atomic E-state index is 0.0841. The van der Waals surface area contributed by atoms with Crippen molar-refractivity contribution in [1.82, 2.24) is 4.72 Å². The molecule has 0 spiro atoms. The average molecular weight is 306 g/mol. The van der Waals surface area contributed by atoms with Gasteiger partial charge < -0.3 is 9.84 Å². The number of aliphatic hydroxyl groups excluding tert-OH is 1. The van der Waals surface area contributed by atoms with E-state index in [0.717, 1.165) is 5.56 Å². The topological polar surface area (TPSA) is 75.6 Å². The van der Waals surface area contributed by atoms with Crippen molar-refractivity contribution < 1.29 is 18.3 Å². The van der Waals surface area contributed by atoms with E-state index in [9.17, 15) is 13.5 Å². The zero-order chi connectivity index (χ0) is 14.0. The molecule has 106 valence electrons. The van der Waals surface area contributed by atoms with Crippen LogP contribution in [0.5, 0.6) is 0 Å². The average Bonchev–Trinajstić information content (AvgIpc) is 2.35. The van der Waals surface area contributed by atoms with Crippen LogP contribution in [0.3, 0.4) is 0 Å².